The van der Waals surface area contributed by atoms with Crippen molar-refractivity contribution >= 4 is 58.0 Å². The lowest BCUT2D eigenvalue weighted by Crippen LogP contribution is -2.38. The fraction of sp³-hybridized carbons (Fsp3) is 0.222. The van der Waals surface area contributed by atoms with Crippen LogP contribution in [0.3, 0.4) is 0 Å². The molecule has 0 unspecified atom stereocenters. The van der Waals surface area contributed by atoms with Crippen LogP contribution in [-0.4, -0.2) is 34.7 Å². The molecule has 0 atom stereocenters. The van der Waals surface area contributed by atoms with Crippen LogP contribution in [0, 0.1) is 10.1 Å². The average molecular weight is 445 g/mol. The van der Waals surface area contributed by atoms with Crippen LogP contribution in [0.2, 0.25) is 15.1 Å². The van der Waals surface area contributed by atoms with Crippen LogP contribution < -0.4 is 5.32 Å². The molecule has 0 bridgehead atoms. The lowest BCUT2D eigenvalue weighted by molar-refractivity contribution is -0.384. The molecule has 2 aromatic rings. The zero-order valence-corrected chi connectivity index (χ0v) is 17.0. The van der Waals surface area contributed by atoms with E-state index in [4.69, 9.17) is 34.8 Å². The zero-order chi connectivity index (χ0) is 20.8. The van der Waals surface area contributed by atoms with Crippen LogP contribution in [0.5, 0.6) is 0 Å². The number of hydrogen-bond acceptors (Lipinski definition) is 4. The topological polar surface area (TPSA) is 92.6 Å². The van der Waals surface area contributed by atoms with Gasteiger partial charge in [-0.3, -0.25) is 19.7 Å². The van der Waals surface area contributed by atoms with Gasteiger partial charge in [0.15, 0.2) is 0 Å². The number of nitro groups is 1. The number of rotatable bonds is 7. The second kappa shape index (κ2) is 9.73. The van der Waals surface area contributed by atoms with Gasteiger partial charge in [-0.15, -0.1) is 0 Å². The van der Waals surface area contributed by atoms with Gasteiger partial charge in [-0.05, 0) is 30.7 Å². The summed E-state index contributed by atoms with van der Waals surface area (Å²) in [5.41, 5.74) is 0.227. The Morgan fingerprint density at radius 2 is 1.82 bits per heavy atom. The summed E-state index contributed by atoms with van der Waals surface area (Å²) in [7, 11) is 0. The second-order valence-electron chi connectivity index (χ2n) is 5.82. The Hall–Kier alpha value is -2.35. The Morgan fingerprint density at radius 1 is 1.11 bits per heavy atom. The number of carbonyl (C=O) groups excluding carboxylic acids is 2. The molecule has 0 aromatic heterocycles. The van der Waals surface area contributed by atoms with E-state index in [1.54, 1.807) is 12.1 Å². The van der Waals surface area contributed by atoms with E-state index in [0.717, 1.165) is 6.07 Å². The molecule has 0 fully saturated rings. The molecule has 0 radical (unpaired) electrons. The molecular formula is C18H16Cl3N3O4. The van der Waals surface area contributed by atoms with E-state index in [1.807, 2.05) is 6.92 Å². The van der Waals surface area contributed by atoms with Crippen molar-refractivity contribution in [1.29, 1.82) is 0 Å². The lowest BCUT2D eigenvalue weighted by atomic mass is 10.1. The van der Waals surface area contributed by atoms with E-state index >= 15 is 0 Å². The van der Waals surface area contributed by atoms with Gasteiger partial charge in [-0.1, -0.05) is 41.7 Å². The van der Waals surface area contributed by atoms with E-state index in [9.17, 15) is 19.7 Å². The highest BCUT2D eigenvalue weighted by atomic mass is 35.5. The summed E-state index contributed by atoms with van der Waals surface area (Å²) >= 11 is 17.9. The third-order valence-electron chi connectivity index (χ3n) is 3.71. The normalized spacial score (nSPS) is 10.4. The minimum Gasteiger partial charge on any atom is -0.329 e. The first-order chi connectivity index (χ1) is 13.2. The highest BCUT2D eigenvalue weighted by Gasteiger charge is 2.22. The number of hydrogen-bond donors (Lipinski definition) is 1. The molecule has 0 heterocycles. The number of nitro benzene ring substituents is 1. The van der Waals surface area contributed by atoms with Crippen molar-refractivity contribution in [3.63, 3.8) is 0 Å². The van der Waals surface area contributed by atoms with Gasteiger partial charge in [0, 0.05) is 23.7 Å². The summed E-state index contributed by atoms with van der Waals surface area (Å²) in [6.45, 7) is 1.92. The smallest absolute Gasteiger partial charge is 0.270 e. The van der Waals surface area contributed by atoms with Gasteiger partial charge in [-0.25, -0.2) is 0 Å². The maximum absolute atomic E-state index is 12.8. The van der Waals surface area contributed by atoms with Crippen molar-refractivity contribution in [3.8, 4) is 0 Å². The van der Waals surface area contributed by atoms with Crippen molar-refractivity contribution in [1.82, 2.24) is 4.90 Å². The maximum atomic E-state index is 12.8. The maximum Gasteiger partial charge on any atom is 0.270 e. The van der Waals surface area contributed by atoms with E-state index in [0.29, 0.717) is 23.7 Å². The molecule has 2 amide bonds. The molecule has 2 rings (SSSR count). The first-order valence-corrected chi connectivity index (χ1v) is 9.34. The van der Waals surface area contributed by atoms with Gasteiger partial charge in [0.25, 0.3) is 11.6 Å². The van der Waals surface area contributed by atoms with Gasteiger partial charge in [-0.2, -0.15) is 0 Å². The van der Waals surface area contributed by atoms with Crippen molar-refractivity contribution in [2.24, 2.45) is 0 Å². The first kappa shape index (κ1) is 21.9. The molecule has 2 aromatic carbocycles. The Bertz CT molecular complexity index is 921. The molecule has 148 valence electrons. The largest absolute Gasteiger partial charge is 0.329 e. The Balaban J connectivity index is 2.16. The second-order valence-corrected chi connectivity index (χ2v) is 7.07. The van der Waals surface area contributed by atoms with E-state index in [2.05, 4.69) is 5.32 Å². The Kier molecular flexibility index (Phi) is 7.62. The molecule has 0 saturated heterocycles. The summed E-state index contributed by atoms with van der Waals surface area (Å²) in [4.78, 5) is 36.7. The van der Waals surface area contributed by atoms with Crippen molar-refractivity contribution in [3.05, 3.63) is 67.1 Å². The lowest BCUT2D eigenvalue weighted by Gasteiger charge is -2.22. The summed E-state index contributed by atoms with van der Waals surface area (Å²) in [6, 6.07) is 8.20. The fourth-order valence-electron chi connectivity index (χ4n) is 2.44. The molecule has 7 nitrogen and oxygen atoms in total. The molecule has 0 aliphatic carbocycles. The molecule has 10 heteroatoms. The van der Waals surface area contributed by atoms with E-state index in [-0.39, 0.29) is 27.8 Å². The van der Waals surface area contributed by atoms with Gasteiger partial charge < -0.3 is 10.2 Å². The van der Waals surface area contributed by atoms with Crippen molar-refractivity contribution in [2.45, 2.75) is 13.3 Å². The van der Waals surface area contributed by atoms with Crippen LogP contribution in [0.1, 0.15) is 23.7 Å². The summed E-state index contributed by atoms with van der Waals surface area (Å²) in [5, 5.41) is 14.1. The Morgan fingerprint density at radius 3 is 2.39 bits per heavy atom. The summed E-state index contributed by atoms with van der Waals surface area (Å²) in [5.74, 6) is -0.955. The van der Waals surface area contributed by atoms with Crippen LogP contribution in [0.25, 0.3) is 0 Å². The standard InChI is InChI=1S/C18H16Cl3N3O4/c1-2-7-23(10-17(25)22-16-6-3-11(19)8-15(16)21)18(26)13-5-4-12(24(27)28)9-14(13)20/h3-6,8-9H,2,7,10H2,1H3,(H,22,25). The number of amides is 2. The summed E-state index contributed by atoms with van der Waals surface area (Å²) < 4.78 is 0. The molecular weight excluding hydrogens is 429 g/mol. The van der Waals surface area contributed by atoms with Crippen molar-refractivity contribution in [2.75, 3.05) is 18.4 Å². The minimum absolute atomic E-state index is 0.0542. The number of nitrogens with zero attached hydrogens (tertiary/aromatic N) is 2. The number of halogens is 3. The zero-order valence-electron chi connectivity index (χ0n) is 14.7. The monoisotopic (exact) mass is 443 g/mol. The van der Waals surface area contributed by atoms with Gasteiger partial charge in [0.1, 0.15) is 6.54 Å². The molecule has 0 saturated carbocycles. The molecule has 0 aliphatic heterocycles. The predicted octanol–water partition coefficient (Wildman–Crippen LogP) is 5.05. The quantitative estimate of drug-likeness (QED) is 0.478. The highest BCUT2D eigenvalue weighted by molar-refractivity contribution is 6.36. The number of benzene rings is 2. The van der Waals surface area contributed by atoms with Crippen molar-refractivity contribution < 1.29 is 14.5 Å². The molecule has 1 N–H and O–H groups in total. The number of carbonyl (C=O) groups is 2. The highest BCUT2D eigenvalue weighted by Crippen LogP contribution is 2.26. The van der Waals surface area contributed by atoms with Gasteiger partial charge in [0.2, 0.25) is 5.91 Å². The number of non-ortho nitro benzene ring substituents is 1. The molecule has 0 aliphatic rings. The third-order valence-corrected chi connectivity index (χ3v) is 4.57. The van der Waals surface area contributed by atoms with Crippen LogP contribution >= 0.6 is 34.8 Å². The SMILES string of the molecule is CCCN(CC(=O)Nc1ccc(Cl)cc1Cl)C(=O)c1ccc([N+](=O)[O-])cc1Cl. The average Bonchev–Trinajstić information content (AvgIpc) is 2.63. The third kappa shape index (κ3) is 5.58. The predicted molar refractivity (Wildman–Crippen MR) is 109 cm³/mol. The Labute approximate surface area is 176 Å². The van der Waals surface area contributed by atoms with Gasteiger partial charge in [0.05, 0.1) is 26.2 Å². The first-order valence-electron chi connectivity index (χ1n) is 8.21. The molecule has 28 heavy (non-hydrogen) atoms. The van der Waals surface area contributed by atoms with Crippen LogP contribution in [0.15, 0.2) is 36.4 Å². The van der Waals surface area contributed by atoms with Crippen LogP contribution in [-0.2, 0) is 4.79 Å². The fourth-order valence-corrected chi connectivity index (χ4v) is 3.15. The minimum atomic E-state index is -0.604. The van der Waals surface area contributed by atoms with E-state index < -0.39 is 16.7 Å². The number of nitrogens with one attached hydrogen (secondary N) is 1. The van der Waals surface area contributed by atoms with Gasteiger partial charge >= 0.3 is 0 Å². The summed E-state index contributed by atoms with van der Waals surface area (Å²) in [6.07, 6.45) is 0.603. The van der Waals surface area contributed by atoms with E-state index in [1.165, 1.54) is 23.1 Å². The number of anilines is 1. The molecule has 0 spiro atoms. The van der Waals surface area contributed by atoms with Crippen LogP contribution in [0.4, 0.5) is 11.4 Å².